The Labute approximate surface area is 115 Å². The second-order valence-electron chi connectivity index (χ2n) is 4.35. The van der Waals surface area contributed by atoms with E-state index in [9.17, 15) is 5.11 Å². The van der Waals surface area contributed by atoms with E-state index in [1.54, 1.807) is 6.20 Å². The summed E-state index contributed by atoms with van der Waals surface area (Å²) in [6, 6.07) is 1.91. The van der Waals surface area contributed by atoms with Gasteiger partial charge in [-0.1, -0.05) is 0 Å². The van der Waals surface area contributed by atoms with E-state index in [1.807, 2.05) is 6.07 Å². The molecule has 0 bridgehead atoms. The smallest absolute Gasteiger partial charge is 0.134 e. The van der Waals surface area contributed by atoms with Gasteiger partial charge in [0, 0.05) is 49.0 Å². The molecule has 0 spiro atoms. The van der Waals surface area contributed by atoms with Crippen molar-refractivity contribution in [3.63, 3.8) is 0 Å². The SMILES string of the molecule is OCCN1CCN(c2ncc(Br)cc2CO)CC1. The third-order valence-electron chi connectivity index (χ3n) is 3.17. The van der Waals surface area contributed by atoms with Crippen molar-refractivity contribution in [1.29, 1.82) is 0 Å². The molecule has 0 aliphatic carbocycles. The highest BCUT2D eigenvalue weighted by atomic mass is 79.9. The average Bonchev–Trinajstić information content (AvgIpc) is 2.40. The lowest BCUT2D eigenvalue weighted by Gasteiger charge is -2.35. The van der Waals surface area contributed by atoms with Gasteiger partial charge in [-0.3, -0.25) is 4.90 Å². The number of aliphatic hydroxyl groups is 2. The summed E-state index contributed by atoms with van der Waals surface area (Å²) in [5.74, 6) is 0.865. The predicted molar refractivity (Wildman–Crippen MR) is 73.6 cm³/mol. The van der Waals surface area contributed by atoms with Gasteiger partial charge in [-0.2, -0.15) is 0 Å². The van der Waals surface area contributed by atoms with E-state index < -0.39 is 0 Å². The van der Waals surface area contributed by atoms with Crippen molar-refractivity contribution >= 4 is 21.7 Å². The zero-order valence-electron chi connectivity index (χ0n) is 10.2. The molecular formula is C12H18BrN3O2. The van der Waals surface area contributed by atoms with E-state index >= 15 is 0 Å². The largest absolute Gasteiger partial charge is 0.395 e. The number of rotatable bonds is 4. The standard InChI is InChI=1S/C12H18BrN3O2/c13-11-7-10(9-18)12(14-8-11)16-3-1-15(2-4-16)5-6-17/h7-8,17-18H,1-6,9H2. The summed E-state index contributed by atoms with van der Waals surface area (Å²) >= 11 is 3.36. The Morgan fingerprint density at radius 1 is 1.22 bits per heavy atom. The number of aromatic nitrogens is 1. The minimum atomic E-state index is -0.00136. The lowest BCUT2D eigenvalue weighted by Crippen LogP contribution is -2.47. The fourth-order valence-electron chi connectivity index (χ4n) is 2.20. The Kier molecular flexibility index (Phi) is 4.94. The van der Waals surface area contributed by atoms with Crippen LogP contribution in [0.4, 0.5) is 5.82 Å². The van der Waals surface area contributed by atoms with Crippen molar-refractivity contribution in [3.8, 4) is 0 Å². The van der Waals surface area contributed by atoms with Crippen LogP contribution in [0.2, 0.25) is 0 Å². The Bertz CT molecular complexity index is 395. The van der Waals surface area contributed by atoms with E-state index in [4.69, 9.17) is 5.11 Å². The van der Waals surface area contributed by atoms with Crippen LogP contribution in [0.5, 0.6) is 0 Å². The summed E-state index contributed by atoms with van der Waals surface area (Å²) in [6.07, 6.45) is 1.76. The average molecular weight is 316 g/mol. The normalized spacial score (nSPS) is 17.2. The van der Waals surface area contributed by atoms with Gasteiger partial charge in [-0.15, -0.1) is 0 Å². The van der Waals surface area contributed by atoms with Crippen LogP contribution >= 0.6 is 15.9 Å². The van der Waals surface area contributed by atoms with Crippen LogP contribution in [0.3, 0.4) is 0 Å². The van der Waals surface area contributed by atoms with Gasteiger partial charge in [0.05, 0.1) is 13.2 Å². The molecule has 1 fully saturated rings. The third kappa shape index (κ3) is 3.20. The van der Waals surface area contributed by atoms with E-state index in [1.165, 1.54) is 0 Å². The fraction of sp³-hybridized carbons (Fsp3) is 0.583. The zero-order chi connectivity index (χ0) is 13.0. The highest BCUT2D eigenvalue weighted by Gasteiger charge is 2.19. The number of nitrogens with zero attached hydrogens (tertiary/aromatic N) is 3. The molecule has 0 saturated carbocycles. The van der Waals surface area contributed by atoms with Crippen LogP contribution in [0.25, 0.3) is 0 Å². The summed E-state index contributed by atoms with van der Waals surface area (Å²) in [4.78, 5) is 8.81. The highest BCUT2D eigenvalue weighted by molar-refractivity contribution is 9.10. The number of hydrogen-bond donors (Lipinski definition) is 2. The van der Waals surface area contributed by atoms with Crippen LogP contribution in [0.15, 0.2) is 16.7 Å². The van der Waals surface area contributed by atoms with Crippen LogP contribution in [-0.4, -0.2) is 59.4 Å². The molecule has 2 rings (SSSR count). The van der Waals surface area contributed by atoms with Gasteiger partial charge in [-0.25, -0.2) is 4.98 Å². The molecule has 0 radical (unpaired) electrons. The van der Waals surface area contributed by atoms with Crippen LogP contribution in [0.1, 0.15) is 5.56 Å². The first kappa shape index (κ1) is 13.7. The Balaban J connectivity index is 2.05. The predicted octanol–water partition coefficient (Wildman–Crippen LogP) is 0.451. The van der Waals surface area contributed by atoms with Crippen molar-refractivity contribution in [3.05, 3.63) is 22.3 Å². The molecule has 1 aliphatic rings. The maximum absolute atomic E-state index is 9.38. The minimum absolute atomic E-state index is 0.00136. The molecule has 18 heavy (non-hydrogen) atoms. The topological polar surface area (TPSA) is 59.8 Å². The molecule has 0 unspecified atom stereocenters. The maximum atomic E-state index is 9.38. The lowest BCUT2D eigenvalue weighted by atomic mass is 10.2. The van der Waals surface area contributed by atoms with Crippen molar-refractivity contribution in [2.24, 2.45) is 0 Å². The van der Waals surface area contributed by atoms with Crippen LogP contribution in [0, 0.1) is 0 Å². The minimum Gasteiger partial charge on any atom is -0.395 e. The second kappa shape index (κ2) is 6.47. The first-order chi connectivity index (χ1) is 8.74. The number of hydrogen-bond acceptors (Lipinski definition) is 5. The van der Waals surface area contributed by atoms with E-state index in [2.05, 4.69) is 30.7 Å². The van der Waals surface area contributed by atoms with Crippen LogP contribution in [-0.2, 0) is 6.61 Å². The number of aliphatic hydroxyl groups excluding tert-OH is 2. The Morgan fingerprint density at radius 2 is 1.94 bits per heavy atom. The second-order valence-corrected chi connectivity index (χ2v) is 5.26. The summed E-state index contributed by atoms with van der Waals surface area (Å²) in [6.45, 7) is 4.53. The van der Waals surface area contributed by atoms with E-state index in [-0.39, 0.29) is 13.2 Å². The summed E-state index contributed by atoms with van der Waals surface area (Å²) < 4.78 is 0.884. The lowest BCUT2D eigenvalue weighted by molar-refractivity contribution is 0.188. The van der Waals surface area contributed by atoms with Gasteiger partial charge >= 0.3 is 0 Å². The first-order valence-electron chi connectivity index (χ1n) is 6.08. The van der Waals surface area contributed by atoms with Gasteiger partial charge < -0.3 is 15.1 Å². The Hall–Kier alpha value is -0.690. The highest BCUT2D eigenvalue weighted by Crippen LogP contribution is 2.22. The monoisotopic (exact) mass is 315 g/mol. The first-order valence-corrected chi connectivity index (χ1v) is 6.87. The fourth-order valence-corrected chi connectivity index (χ4v) is 2.58. The summed E-state index contributed by atoms with van der Waals surface area (Å²) in [7, 11) is 0. The van der Waals surface area contributed by atoms with Crippen LogP contribution < -0.4 is 4.90 Å². The molecule has 1 aliphatic heterocycles. The number of halogens is 1. The van der Waals surface area contributed by atoms with Gasteiger partial charge in [0.2, 0.25) is 0 Å². The summed E-state index contributed by atoms with van der Waals surface area (Å²) in [5.41, 5.74) is 0.847. The third-order valence-corrected chi connectivity index (χ3v) is 3.60. The number of pyridine rings is 1. The van der Waals surface area contributed by atoms with Gasteiger partial charge in [0.1, 0.15) is 5.82 Å². The van der Waals surface area contributed by atoms with Gasteiger partial charge in [-0.05, 0) is 22.0 Å². The molecule has 2 N–H and O–H groups in total. The Morgan fingerprint density at radius 3 is 2.56 bits per heavy atom. The molecule has 1 saturated heterocycles. The quantitative estimate of drug-likeness (QED) is 0.845. The molecular weight excluding hydrogens is 298 g/mol. The van der Waals surface area contributed by atoms with Crippen molar-refractivity contribution in [2.45, 2.75) is 6.61 Å². The van der Waals surface area contributed by atoms with Gasteiger partial charge in [0.25, 0.3) is 0 Å². The number of β-amino-alcohol motifs (C(OH)–C–C–N with tert-alkyl or cyclic N) is 1. The molecule has 5 nitrogen and oxygen atoms in total. The molecule has 1 aromatic heterocycles. The molecule has 6 heteroatoms. The van der Waals surface area contributed by atoms with E-state index in [0.29, 0.717) is 0 Å². The maximum Gasteiger partial charge on any atom is 0.134 e. The molecule has 100 valence electrons. The molecule has 0 atom stereocenters. The molecule has 1 aromatic rings. The zero-order valence-corrected chi connectivity index (χ0v) is 11.8. The van der Waals surface area contributed by atoms with Crippen molar-refractivity contribution in [2.75, 3.05) is 44.2 Å². The molecule has 2 heterocycles. The summed E-state index contributed by atoms with van der Waals surface area (Å²) in [5, 5.41) is 18.3. The van der Waals surface area contributed by atoms with Crippen molar-refractivity contribution in [1.82, 2.24) is 9.88 Å². The van der Waals surface area contributed by atoms with Crippen molar-refractivity contribution < 1.29 is 10.2 Å². The van der Waals surface area contributed by atoms with Gasteiger partial charge in [0.15, 0.2) is 0 Å². The number of anilines is 1. The molecule has 0 amide bonds. The number of piperazine rings is 1. The molecule has 0 aromatic carbocycles. The van der Waals surface area contributed by atoms with E-state index in [0.717, 1.165) is 48.6 Å².